The van der Waals surface area contributed by atoms with E-state index in [9.17, 15) is 4.39 Å². The van der Waals surface area contributed by atoms with Gasteiger partial charge in [-0.25, -0.2) is 4.39 Å². The van der Waals surface area contributed by atoms with Gasteiger partial charge in [-0.3, -0.25) is 0 Å². The Balaban J connectivity index is 1.58. The zero-order valence-corrected chi connectivity index (χ0v) is 17.7. The van der Waals surface area contributed by atoms with Gasteiger partial charge in [-0.2, -0.15) is 0 Å². The van der Waals surface area contributed by atoms with E-state index in [4.69, 9.17) is 9.47 Å². The van der Waals surface area contributed by atoms with Crippen molar-refractivity contribution in [1.29, 1.82) is 0 Å². The van der Waals surface area contributed by atoms with E-state index in [1.807, 2.05) is 12.1 Å². The maximum Gasteiger partial charge on any atom is 0.134 e. The zero-order valence-electron chi connectivity index (χ0n) is 17.7. The number of unbranched alkanes of at least 4 members (excludes halogenated alkanes) is 1. The summed E-state index contributed by atoms with van der Waals surface area (Å²) in [5.41, 5.74) is 2.92. The Morgan fingerprint density at radius 3 is 2.34 bits per heavy atom. The Bertz CT molecular complexity index is 774. The van der Waals surface area contributed by atoms with Crippen LogP contribution in [0.25, 0.3) is 11.1 Å². The molecule has 2 nitrogen and oxygen atoms in total. The number of ether oxygens (including phenoxy) is 2. The van der Waals surface area contributed by atoms with Crippen LogP contribution in [-0.2, 0) is 4.74 Å². The van der Waals surface area contributed by atoms with Crippen molar-refractivity contribution < 1.29 is 13.9 Å². The summed E-state index contributed by atoms with van der Waals surface area (Å²) in [6.07, 6.45) is 11.4. The molecule has 0 aromatic heterocycles. The van der Waals surface area contributed by atoms with Gasteiger partial charge in [0.1, 0.15) is 11.6 Å². The topological polar surface area (TPSA) is 18.5 Å². The summed E-state index contributed by atoms with van der Waals surface area (Å²) >= 11 is 0. The summed E-state index contributed by atoms with van der Waals surface area (Å²) in [6, 6.07) is 13.6. The second-order valence-corrected chi connectivity index (χ2v) is 7.95. The minimum atomic E-state index is -0.237. The first-order chi connectivity index (χ1) is 14.2. The standard InChI is InChI=1S/C26H33FO2/c1-3-6-20-7-9-21(10-8-20)22-11-13-23(14-12-22)25-16-15-24(19-26(25)27)29-18-5-4-17-28-2/h3,6,11-16,19-21H,4-5,7-10,17-18H2,1-2H3/b6-3+. The number of halogens is 1. The van der Waals surface area contributed by atoms with Gasteiger partial charge in [-0.15, -0.1) is 0 Å². The van der Waals surface area contributed by atoms with E-state index in [0.717, 1.165) is 30.9 Å². The average Bonchev–Trinajstić information content (AvgIpc) is 2.75. The quantitative estimate of drug-likeness (QED) is 0.331. The van der Waals surface area contributed by atoms with Gasteiger partial charge >= 0.3 is 0 Å². The van der Waals surface area contributed by atoms with Crippen LogP contribution < -0.4 is 4.74 Å². The SMILES string of the molecule is C/C=C/C1CCC(c2ccc(-c3ccc(OCCCCOC)cc3F)cc2)CC1. The van der Waals surface area contributed by atoms with E-state index < -0.39 is 0 Å². The molecule has 0 spiro atoms. The highest BCUT2D eigenvalue weighted by Gasteiger charge is 2.20. The van der Waals surface area contributed by atoms with Crippen molar-refractivity contribution in [3.05, 3.63) is 66.0 Å². The van der Waals surface area contributed by atoms with Gasteiger partial charge in [0.25, 0.3) is 0 Å². The highest BCUT2D eigenvalue weighted by molar-refractivity contribution is 5.65. The van der Waals surface area contributed by atoms with E-state index >= 15 is 0 Å². The van der Waals surface area contributed by atoms with E-state index in [-0.39, 0.29) is 5.82 Å². The minimum Gasteiger partial charge on any atom is -0.493 e. The fraction of sp³-hybridized carbons (Fsp3) is 0.462. The molecule has 0 unspecified atom stereocenters. The Kier molecular flexibility index (Phi) is 8.30. The molecule has 0 radical (unpaired) electrons. The van der Waals surface area contributed by atoms with Crippen LogP contribution in [0.5, 0.6) is 5.75 Å². The van der Waals surface area contributed by atoms with Crippen molar-refractivity contribution in [3.63, 3.8) is 0 Å². The third kappa shape index (κ3) is 6.17. The smallest absolute Gasteiger partial charge is 0.134 e. The van der Waals surface area contributed by atoms with Crippen LogP contribution in [0.1, 0.15) is 56.9 Å². The lowest BCUT2D eigenvalue weighted by Gasteiger charge is -2.27. The second-order valence-electron chi connectivity index (χ2n) is 7.95. The average molecular weight is 397 g/mol. The zero-order chi connectivity index (χ0) is 20.5. The fourth-order valence-electron chi connectivity index (χ4n) is 4.21. The Morgan fingerprint density at radius 2 is 1.69 bits per heavy atom. The molecule has 1 fully saturated rings. The Morgan fingerprint density at radius 1 is 0.966 bits per heavy atom. The van der Waals surface area contributed by atoms with Crippen molar-refractivity contribution in [3.8, 4) is 16.9 Å². The molecule has 0 N–H and O–H groups in total. The summed E-state index contributed by atoms with van der Waals surface area (Å²) in [4.78, 5) is 0. The Hall–Kier alpha value is -2.13. The summed E-state index contributed by atoms with van der Waals surface area (Å²) < 4.78 is 25.3. The van der Waals surface area contributed by atoms with Gasteiger partial charge in [0.05, 0.1) is 6.61 Å². The Labute approximate surface area is 174 Å². The molecule has 0 heterocycles. The van der Waals surface area contributed by atoms with Gasteiger partial charge in [-0.1, -0.05) is 36.4 Å². The van der Waals surface area contributed by atoms with E-state index in [0.29, 0.717) is 23.8 Å². The van der Waals surface area contributed by atoms with Crippen molar-refractivity contribution >= 4 is 0 Å². The highest BCUT2D eigenvalue weighted by atomic mass is 19.1. The molecule has 0 amide bonds. The van der Waals surface area contributed by atoms with E-state index in [2.05, 4.69) is 43.3 Å². The van der Waals surface area contributed by atoms with Crippen LogP contribution in [0.15, 0.2) is 54.6 Å². The van der Waals surface area contributed by atoms with Crippen LogP contribution in [0.2, 0.25) is 0 Å². The van der Waals surface area contributed by atoms with Crippen LogP contribution in [0.4, 0.5) is 4.39 Å². The summed E-state index contributed by atoms with van der Waals surface area (Å²) in [5, 5.41) is 0. The molecule has 0 saturated heterocycles. The molecule has 1 aliphatic carbocycles. The molecular weight excluding hydrogens is 363 g/mol. The third-order valence-electron chi connectivity index (χ3n) is 5.88. The summed E-state index contributed by atoms with van der Waals surface area (Å²) in [7, 11) is 1.69. The molecule has 1 aliphatic rings. The van der Waals surface area contributed by atoms with Crippen molar-refractivity contribution in [2.45, 2.75) is 51.4 Å². The fourth-order valence-corrected chi connectivity index (χ4v) is 4.21. The number of rotatable bonds is 9. The normalized spacial score (nSPS) is 19.6. The molecule has 2 aromatic carbocycles. The van der Waals surface area contributed by atoms with Crippen molar-refractivity contribution in [2.24, 2.45) is 5.92 Å². The number of allylic oxidation sites excluding steroid dienone is 2. The molecule has 29 heavy (non-hydrogen) atoms. The maximum atomic E-state index is 14.6. The number of benzene rings is 2. The first-order valence-electron chi connectivity index (χ1n) is 10.9. The molecule has 3 heteroatoms. The summed E-state index contributed by atoms with van der Waals surface area (Å²) in [6.45, 7) is 3.41. The summed E-state index contributed by atoms with van der Waals surface area (Å²) in [5.74, 6) is 1.71. The monoisotopic (exact) mass is 396 g/mol. The lowest BCUT2D eigenvalue weighted by molar-refractivity contribution is 0.184. The van der Waals surface area contributed by atoms with Gasteiger partial charge in [-0.05, 0) is 80.5 Å². The number of methoxy groups -OCH3 is 1. The third-order valence-corrected chi connectivity index (χ3v) is 5.88. The molecule has 0 aliphatic heterocycles. The van der Waals surface area contributed by atoms with Crippen LogP contribution in [0, 0.1) is 11.7 Å². The first kappa shape index (κ1) is 21.6. The van der Waals surface area contributed by atoms with Gasteiger partial charge in [0.15, 0.2) is 0 Å². The largest absolute Gasteiger partial charge is 0.493 e. The maximum absolute atomic E-state index is 14.6. The first-order valence-corrected chi connectivity index (χ1v) is 10.9. The molecule has 3 rings (SSSR count). The molecule has 2 aromatic rings. The van der Waals surface area contributed by atoms with Gasteiger partial charge in [0.2, 0.25) is 0 Å². The highest BCUT2D eigenvalue weighted by Crippen LogP contribution is 2.37. The lowest BCUT2D eigenvalue weighted by atomic mass is 9.78. The van der Waals surface area contributed by atoms with Crippen molar-refractivity contribution in [2.75, 3.05) is 20.3 Å². The number of hydrogen-bond donors (Lipinski definition) is 0. The van der Waals surface area contributed by atoms with Crippen LogP contribution >= 0.6 is 0 Å². The molecule has 0 atom stereocenters. The van der Waals surface area contributed by atoms with Gasteiger partial charge in [0, 0.05) is 25.3 Å². The molecule has 156 valence electrons. The van der Waals surface area contributed by atoms with E-state index in [1.54, 1.807) is 7.11 Å². The van der Waals surface area contributed by atoms with Gasteiger partial charge < -0.3 is 9.47 Å². The minimum absolute atomic E-state index is 0.237. The van der Waals surface area contributed by atoms with E-state index in [1.165, 1.54) is 37.3 Å². The predicted octanol–water partition coefficient (Wildman–Crippen LogP) is 7.15. The molecule has 1 saturated carbocycles. The van der Waals surface area contributed by atoms with Crippen LogP contribution in [-0.4, -0.2) is 20.3 Å². The lowest BCUT2D eigenvalue weighted by Crippen LogP contribution is -2.11. The number of hydrogen-bond acceptors (Lipinski definition) is 2. The van der Waals surface area contributed by atoms with Crippen LogP contribution in [0.3, 0.4) is 0 Å². The second kappa shape index (κ2) is 11.2. The molecular formula is C26H33FO2. The predicted molar refractivity (Wildman–Crippen MR) is 118 cm³/mol. The van der Waals surface area contributed by atoms with Crippen molar-refractivity contribution in [1.82, 2.24) is 0 Å². The molecule has 0 bridgehead atoms.